The summed E-state index contributed by atoms with van der Waals surface area (Å²) in [5.74, 6) is -0.638. The fraction of sp³-hybridized carbons (Fsp3) is 0.417. The molecule has 1 atom stereocenters. The van der Waals surface area contributed by atoms with E-state index in [2.05, 4.69) is 0 Å². The van der Waals surface area contributed by atoms with Crippen LogP contribution in [0.5, 0.6) is 11.5 Å². The van der Waals surface area contributed by atoms with Gasteiger partial charge in [0.15, 0.2) is 6.10 Å². The molecule has 0 heterocycles. The molecule has 1 unspecified atom stereocenters. The predicted octanol–water partition coefficient (Wildman–Crippen LogP) is 0.968. The number of aliphatic hydroxyl groups excluding tert-OH is 1. The second-order valence-electron chi connectivity index (χ2n) is 3.58. The molecule has 0 amide bonds. The maximum atomic E-state index is 10.8. The Morgan fingerprint density at radius 1 is 1.22 bits per heavy atom. The number of rotatable bonds is 6. The van der Waals surface area contributed by atoms with E-state index in [0.717, 1.165) is 0 Å². The quantitative estimate of drug-likeness (QED) is 0.788. The number of carboxylic acids is 1. The first-order valence-corrected chi connectivity index (χ1v) is 5.19. The summed E-state index contributed by atoms with van der Waals surface area (Å²) < 4.78 is 15.2. The van der Waals surface area contributed by atoms with Crippen molar-refractivity contribution in [2.24, 2.45) is 0 Å². The third-order valence-electron chi connectivity index (χ3n) is 2.46. The van der Waals surface area contributed by atoms with Crippen LogP contribution in [0.4, 0.5) is 0 Å². The number of benzene rings is 1. The predicted molar refractivity (Wildman–Crippen MR) is 62.9 cm³/mol. The van der Waals surface area contributed by atoms with Crippen LogP contribution < -0.4 is 9.47 Å². The zero-order valence-electron chi connectivity index (χ0n) is 10.5. The number of hydrogen-bond donors (Lipinski definition) is 2. The Hall–Kier alpha value is -1.79. The van der Waals surface area contributed by atoms with Crippen LogP contribution in [0.2, 0.25) is 0 Å². The zero-order chi connectivity index (χ0) is 13.7. The second kappa shape index (κ2) is 6.23. The van der Waals surface area contributed by atoms with Gasteiger partial charge in [-0.2, -0.15) is 0 Å². The van der Waals surface area contributed by atoms with E-state index in [9.17, 15) is 9.90 Å². The summed E-state index contributed by atoms with van der Waals surface area (Å²) >= 11 is 0. The van der Waals surface area contributed by atoms with Crippen LogP contribution in [0.3, 0.4) is 0 Å². The van der Waals surface area contributed by atoms with Gasteiger partial charge in [-0.1, -0.05) is 0 Å². The molecule has 0 aliphatic heterocycles. The van der Waals surface area contributed by atoms with Crippen molar-refractivity contribution in [3.63, 3.8) is 0 Å². The lowest BCUT2D eigenvalue weighted by atomic mass is 10.0. The van der Waals surface area contributed by atoms with E-state index in [0.29, 0.717) is 17.9 Å². The van der Waals surface area contributed by atoms with Crippen LogP contribution in [0.25, 0.3) is 0 Å². The molecule has 0 fully saturated rings. The molecule has 0 saturated heterocycles. The van der Waals surface area contributed by atoms with Gasteiger partial charge < -0.3 is 24.4 Å². The molecule has 1 aromatic rings. The number of hydrogen-bond acceptors (Lipinski definition) is 5. The molecule has 1 aromatic carbocycles. The lowest BCUT2D eigenvalue weighted by Crippen LogP contribution is -2.12. The van der Waals surface area contributed by atoms with Gasteiger partial charge in [0, 0.05) is 18.2 Å². The van der Waals surface area contributed by atoms with Crippen molar-refractivity contribution in [1.29, 1.82) is 0 Å². The van der Waals surface area contributed by atoms with E-state index in [-0.39, 0.29) is 11.3 Å². The van der Waals surface area contributed by atoms with Crippen LogP contribution in [0.1, 0.15) is 17.2 Å². The van der Waals surface area contributed by atoms with Crippen LogP contribution in [-0.4, -0.2) is 37.5 Å². The van der Waals surface area contributed by atoms with E-state index in [1.807, 2.05) is 0 Å². The number of carbonyl (C=O) groups is 1. The minimum atomic E-state index is -1.66. The maximum Gasteiger partial charge on any atom is 0.337 e. The highest BCUT2D eigenvalue weighted by Crippen LogP contribution is 2.33. The number of aliphatic carboxylic acids is 1. The highest BCUT2D eigenvalue weighted by molar-refractivity contribution is 5.75. The topological polar surface area (TPSA) is 85.2 Å². The summed E-state index contributed by atoms with van der Waals surface area (Å²) in [6.45, 7) is 0.295. The van der Waals surface area contributed by atoms with Crippen molar-refractivity contribution in [3.8, 4) is 11.5 Å². The largest absolute Gasteiger partial charge is 0.496 e. The molecule has 0 bridgehead atoms. The van der Waals surface area contributed by atoms with Crippen molar-refractivity contribution in [2.75, 3.05) is 21.3 Å². The molecule has 0 aromatic heterocycles. The SMILES string of the molecule is COCc1cc(OC)c(C(O)C(=O)O)cc1OC. The molecule has 100 valence electrons. The van der Waals surface area contributed by atoms with E-state index >= 15 is 0 Å². The van der Waals surface area contributed by atoms with Gasteiger partial charge >= 0.3 is 5.97 Å². The van der Waals surface area contributed by atoms with Crippen LogP contribution >= 0.6 is 0 Å². The fourth-order valence-electron chi connectivity index (χ4n) is 1.60. The first-order valence-electron chi connectivity index (χ1n) is 5.19. The summed E-state index contributed by atoms with van der Waals surface area (Å²) in [5, 5.41) is 18.4. The minimum Gasteiger partial charge on any atom is -0.496 e. The van der Waals surface area contributed by atoms with Crippen molar-refractivity contribution in [2.45, 2.75) is 12.7 Å². The molecule has 6 heteroatoms. The third-order valence-corrected chi connectivity index (χ3v) is 2.46. The van der Waals surface area contributed by atoms with E-state index in [1.54, 1.807) is 6.07 Å². The van der Waals surface area contributed by atoms with Gasteiger partial charge in [0.05, 0.1) is 20.8 Å². The lowest BCUT2D eigenvalue weighted by Gasteiger charge is -2.16. The van der Waals surface area contributed by atoms with Gasteiger partial charge in [-0.15, -0.1) is 0 Å². The number of carboxylic acid groups (broad SMARTS) is 1. The molecule has 0 aliphatic carbocycles. The first kappa shape index (κ1) is 14.3. The molecule has 18 heavy (non-hydrogen) atoms. The van der Waals surface area contributed by atoms with Crippen molar-refractivity contribution >= 4 is 5.97 Å². The molecular weight excluding hydrogens is 240 g/mol. The normalized spacial score (nSPS) is 12.0. The molecule has 2 N–H and O–H groups in total. The summed E-state index contributed by atoms with van der Waals surface area (Å²) in [4.78, 5) is 10.8. The second-order valence-corrected chi connectivity index (χ2v) is 3.58. The average molecular weight is 256 g/mol. The molecule has 0 aliphatic rings. The monoisotopic (exact) mass is 256 g/mol. The minimum absolute atomic E-state index is 0.140. The Morgan fingerprint density at radius 3 is 2.28 bits per heavy atom. The Bertz CT molecular complexity index is 429. The summed E-state index contributed by atoms with van der Waals surface area (Å²) in [6, 6.07) is 3.02. The van der Waals surface area contributed by atoms with Gasteiger partial charge in [0.25, 0.3) is 0 Å². The lowest BCUT2D eigenvalue weighted by molar-refractivity contribution is -0.147. The van der Waals surface area contributed by atoms with Gasteiger partial charge in [0.2, 0.25) is 0 Å². The highest BCUT2D eigenvalue weighted by atomic mass is 16.5. The van der Waals surface area contributed by atoms with Gasteiger partial charge in [-0.25, -0.2) is 4.79 Å². The molecule has 1 rings (SSSR count). The Balaban J connectivity index is 3.29. The third kappa shape index (κ3) is 2.91. The molecule has 6 nitrogen and oxygen atoms in total. The number of aliphatic hydroxyl groups is 1. The Labute approximate surface area is 105 Å². The van der Waals surface area contributed by atoms with Gasteiger partial charge in [0.1, 0.15) is 11.5 Å². The smallest absolute Gasteiger partial charge is 0.337 e. The fourth-order valence-corrected chi connectivity index (χ4v) is 1.60. The zero-order valence-corrected chi connectivity index (χ0v) is 10.5. The Morgan fingerprint density at radius 2 is 1.83 bits per heavy atom. The van der Waals surface area contributed by atoms with Crippen molar-refractivity contribution in [3.05, 3.63) is 23.3 Å². The first-order chi connectivity index (χ1) is 8.54. The average Bonchev–Trinajstić information content (AvgIpc) is 2.37. The molecule has 0 radical (unpaired) electrons. The molecule has 0 spiro atoms. The number of ether oxygens (including phenoxy) is 3. The van der Waals surface area contributed by atoms with Crippen LogP contribution in [0.15, 0.2) is 12.1 Å². The standard InChI is InChI=1S/C12H16O6/c1-16-6-7-4-10(18-3)8(5-9(7)17-2)11(13)12(14)15/h4-5,11,13H,6H2,1-3H3,(H,14,15). The highest BCUT2D eigenvalue weighted by Gasteiger charge is 2.22. The summed E-state index contributed by atoms with van der Waals surface area (Å²) in [6.07, 6.45) is -1.66. The van der Waals surface area contributed by atoms with Gasteiger partial charge in [-0.05, 0) is 12.1 Å². The molecular formula is C12H16O6. The van der Waals surface area contributed by atoms with Crippen molar-refractivity contribution in [1.82, 2.24) is 0 Å². The van der Waals surface area contributed by atoms with E-state index in [1.165, 1.54) is 27.4 Å². The van der Waals surface area contributed by atoms with E-state index < -0.39 is 12.1 Å². The summed E-state index contributed by atoms with van der Waals surface area (Å²) in [7, 11) is 4.39. The number of methoxy groups -OCH3 is 3. The van der Waals surface area contributed by atoms with Crippen LogP contribution in [-0.2, 0) is 16.1 Å². The Kier molecular flexibility index (Phi) is 4.94. The summed E-state index contributed by atoms with van der Waals surface area (Å²) in [5.41, 5.74) is 0.847. The van der Waals surface area contributed by atoms with E-state index in [4.69, 9.17) is 19.3 Å². The van der Waals surface area contributed by atoms with Gasteiger partial charge in [-0.3, -0.25) is 0 Å². The molecule has 0 saturated carbocycles. The van der Waals surface area contributed by atoms with Crippen molar-refractivity contribution < 1.29 is 29.2 Å². The maximum absolute atomic E-state index is 10.8. The van der Waals surface area contributed by atoms with Crippen LogP contribution in [0, 0.1) is 0 Å².